The van der Waals surface area contributed by atoms with Gasteiger partial charge in [0.05, 0.1) is 0 Å². The zero-order valence-electron chi connectivity index (χ0n) is 11.0. The van der Waals surface area contributed by atoms with Gasteiger partial charge < -0.3 is 15.1 Å². The van der Waals surface area contributed by atoms with Gasteiger partial charge in [-0.1, -0.05) is 6.92 Å². The Labute approximate surface area is 118 Å². The third-order valence-corrected chi connectivity index (χ3v) is 2.62. The molecular formula is C13H18ClN3O2. The fraction of sp³-hybridized carbons (Fsp3) is 0.385. The number of aromatic nitrogens is 1. The van der Waals surface area contributed by atoms with E-state index < -0.39 is 0 Å². The highest BCUT2D eigenvalue weighted by Crippen LogP contribution is 2.20. The molecule has 0 spiro atoms. The van der Waals surface area contributed by atoms with Crippen LogP contribution in [-0.4, -0.2) is 24.5 Å². The summed E-state index contributed by atoms with van der Waals surface area (Å²) in [4.78, 5) is 15.9. The van der Waals surface area contributed by atoms with E-state index in [1.807, 2.05) is 32.2 Å². The van der Waals surface area contributed by atoms with Crippen molar-refractivity contribution in [2.75, 3.05) is 18.9 Å². The lowest BCUT2D eigenvalue weighted by Gasteiger charge is -2.04. The van der Waals surface area contributed by atoms with E-state index in [9.17, 15) is 4.79 Å². The number of amides is 1. The molecule has 1 heterocycles. The lowest BCUT2D eigenvalue weighted by Crippen LogP contribution is -2.18. The predicted molar refractivity (Wildman–Crippen MR) is 77.8 cm³/mol. The van der Waals surface area contributed by atoms with Crippen LogP contribution in [0, 0.1) is 0 Å². The Hall–Kier alpha value is -1.59. The first-order valence-corrected chi connectivity index (χ1v) is 6.07. The van der Waals surface area contributed by atoms with Crippen molar-refractivity contribution in [3.63, 3.8) is 0 Å². The van der Waals surface area contributed by atoms with Crippen molar-refractivity contribution in [2.24, 2.45) is 0 Å². The Balaban J connectivity index is 0.00000180. The monoisotopic (exact) mass is 283 g/mol. The molecule has 1 aromatic carbocycles. The normalized spacial score (nSPS) is 10.2. The number of nitrogens with one attached hydrogen (secondary N) is 2. The van der Waals surface area contributed by atoms with Crippen molar-refractivity contribution in [3.05, 3.63) is 24.1 Å². The van der Waals surface area contributed by atoms with E-state index in [1.54, 1.807) is 0 Å². The summed E-state index contributed by atoms with van der Waals surface area (Å²) in [7, 11) is 1.82. The van der Waals surface area contributed by atoms with Gasteiger partial charge in [-0.3, -0.25) is 4.79 Å². The molecule has 0 aliphatic heterocycles. The maximum atomic E-state index is 11.6. The molecule has 0 bridgehead atoms. The number of hydrogen-bond acceptors (Lipinski definition) is 4. The summed E-state index contributed by atoms with van der Waals surface area (Å²) in [5.41, 5.74) is 2.28. The van der Waals surface area contributed by atoms with Crippen LogP contribution in [0.5, 0.6) is 0 Å². The molecule has 5 nitrogen and oxygen atoms in total. The zero-order chi connectivity index (χ0) is 13.0. The minimum Gasteiger partial charge on any atom is -0.441 e. The molecule has 0 aliphatic carbocycles. The number of aryl methyl sites for hydroxylation is 1. The Morgan fingerprint density at radius 3 is 2.89 bits per heavy atom. The largest absolute Gasteiger partial charge is 0.441 e. The van der Waals surface area contributed by atoms with Gasteiger partial charge in [-0.25, -0.2) is 4.98 Å². The molecule has 2 rings (SSSR count). The molecule has 6 heteroatoms. The van der Waals surface area contributed by atoms with Crippen LogP contribution in [0.3, 0.4) is 0 Å². The molecule has 0 radical (unpaired) electrons. The van der Waals surface area contributed by atoms with Gasteiger partial charge in [0.25, 0.3) is 0 Å². The molecule has 2 aromatic rings. The second-order valence-corrected chi connectivity index (χ2v) is 4.05. The maximum Gasteiger partial charge on any atom is 0.225 e. The third kappa shape index (κ3) is 3.94. The highest BCUT2D eigenvalue weighted by molar-refractivity contribution is 5.92. The number of halogens is 1. The van der Waals surface area contributed by atoms with E-state index >= 15 is 0 Å². The van der Waals surface area contributed by atoms with Crippen molar-refractivity contribution < 1.29 is 9.21 Å². The lowest BCUT2D eigenvalue weighted by molar-refractivity contribution is -0.116. The summed E-state index contributed by atoms with van der Waals surface area (Å²) >= 11 is 0. The van der Waals surface area contributed by atoms with Crippen LogP contribution in [0.4, 0.5) is 5.69 Å². The summed E-state index contributed by atoms with van der Waals surface area (Å²) < 4.78 is 5.51. The molecule has 0 unspecified atom stereocenters. The van der Waals surface area contributed by atoms with Crippen LogP contribution in [0.1, 0.15) is 19.2 Å². The number of fused-ring (bicyclic) bond motifs is 1. The summed E-state index contributed by atoms with van der Waals surface area (Å²) in [6, 6.07) is 5.48. The molecule has 19 heavy (non-hydrogen) atoms. The average molecular weight is 284 g/mol. The number of oxazole rings is 1. The molecule has 1 amide bonds. The van der Waals surface area contributed by atoms with Gasteiger partial charge in [-0.05, 0) is 25.2 Å². The second kappa shape index (κ2) is 7.11. The summed E-state index contributed by atoms with van der Waals surface area (Å²) in [5, 5.41) is 5.77. The summed E-state index contributed by atoms with van der Waals surface area (Å²) in [5.74, 6) is 0.701. The molecule has 104 valence electrons. The Bertz CT molecular complexity index is 554. The number of carbonyl (C=O) groups is 1. The molecule has 2 N–H and O–H groups in total. The van der Waals surface area contributed by atoms with Crippen molar-refractivity contribution in [1.82, 2.24) is 10.3 Å². The van der Waals surface area contributed by atoms with E-state index in [1.165, 1.54) is 0 Å². The smallest absolute Gasteiger partial charge is 0.225 e. The molecule has 0 saturated heterocycles. The average Bonchev–Trinajstić information content (AvgIpc) is 2.78. The van der Waals surface area contributed by atoms with E-state index in [4.69, 9.17) is 4.42 Å². The summed E-state index contributed by atoms with van der Waals surface area (Å²) in [6.07, 6.45) is 1.21. The fourth-order valence-electron chi connectivity index (χ4n) is 1.67. The predicted octanol–water partition coefficient (Wildman–Crippen LogP) is 2.36. The maximum absolute atomic E-state index is 11.6. The van der Waals surface area contributed by atoms with Gasteiger partial charge in [0.15, 0.2) is 11.5 Å². The van der Waals surface area contributed by atoms with Gasteiger partial charge in [0.2, 0.25) is 5.91 Å². The highest BCUT2D eigenvalue weighted by atomic mass is 35.5. The van der Waals surface area contributed by atoms with Gasteiger partial charge in [-0.15, -0.1) is 12.4 Å². The first-order valence-electron chi connectivity index (χ1n) is 6.07. The van der Waals surface area contributed by atoms with Crippen LogP contribution in [0.2, 0.25) is 0 Å². The second-order valence-electron chi connectivity index (χ2n) is 4.05. The molecule has 0 aliphatic rings. The summed E-state index contributed by atoms with van der Waals surface area (Å²) in [6.45, 7) is 2.66. The van der Waals surface area contributed by atoms with Gasteiger partial charge in [-0.2, -0.15) is 0 Å². The minimum atomic E-state index is -0.0112. The van der Waals surface area contributed by atoms with Crippen molar-refractivity contribution in [3.8, 4) is 0 Å². The third-order valence-electron chi connectivity index (χ3n) is 2.62. The zero-order valence-corrected chi connectivity index (χ0v) is 11.8. The highest BCUT2D eigenvalue weighted by Gasteiger charge is 2.06. The quantitative estimate of drug-likeness (QED) is 0.884. The molecule has 0 fully saturated rings. The number of rotatable bonds is 5. The van der Waals surface area contributed by atoms with Crippen LogP contribution in [-0.2, 0) is 11.2 Å². The van der Waals surface area contributed by atoms with Crippen molar-refractivity contribution in [1.29, 1.82) is 0 Å². The SMILES string of the molecule is CCc1nc2cc(NC(=O)CCNC)ccc2o1.Cl. The number of benzene rings is 1. The lowest BCUT2D eigenvalue weighted by atomic mass is 10.2. The first kappa shape index (κ1) is 15.5. The number of hydrogen-bond donors (Lipinski definition) is 2. The Kier molecular flexibility index (Phi) is 5.79. The van der Waals surface area contributed by atoms with Gasteiger partial charge >= 0.3 is 0 Å². The Morgan fingerprint density at radius 2 is 2.21 bits per heavy atom. The van der Waals surface area contributed by atoms with Crippen LogP contribution in [0.15, 0.2) is 22.6 Å². The van der Waals surface area contributed by atoms with Gasteiger partial charge in [0.1, 0.15) is 5.52 Å². The van der Waals surface area contributed by atoms with Gasteiger partial charge in [0, 0.05) is 25.1 Å². The topological polar surface area (TPSA) is 67.2 Å². The minimum absolute atomic E-state index is 0. The fourth-order valence-corrected chi connectivity index (χ4v) is 1.67. The standard InChI is InChI=1S/C13H17N3O2.ClH/c1-3-13-16-10-8-9(4-5-11(10)18-13)15-12(17)6-7-14-2;/h4-5,8,14H,3,6-7H2,1-2H3,(H,15,17);1H. The van der Waals surface area contributed by atoms with E-state index in [0.717, 1.165) is 23.2 Å². The van der Waals surface area contributed by atoms with Crippen molar-refractivity contribution in [2.45, 2.75) is 19.8 Å². The van der Waals surface area contributed by atoms with E-state index in [0.29, 0.717) is 18.9 Å². The van der Waals surface area contributed by atoms with Crippen LogP contribution >= 0.6 is 12.4 Å². The number of anilines is 1. The molecular weight excluding hydrogens is 266 g/mol. The van der Waals surface area contributed by atoms with Crippen molar-refractivity contribution >= 4 is 35.1 Å². The molecule has 0 atom stereocenters. The number of nitrogens with zero attached hydrogens (tertiary/aromatic N) is 1. The molecule has 1 aromatic heterocycles. The van der Waals surface area contributed by atoms with Crippen LogP contribution in [0.25, 0.3) is 11.1 Å². The molecule has 0 saturated carbocycles. The first-order chi connectivity index (χ1) is 8.72. The van der Waals surface area contributed by atoms with E-state index in [-0.39, 0.29) is 18.3 Å². The van der Waals surface area contributed by atoms with E-state index in [2.05, 4.69) is 15.6 Å². The van der Waals surface area contributed by atoms with Crippen LogP contribution < -0.4 is 10.6 Å². The number of carbonyl (C=O) groups excluding carboxylic acids is 1. The Morgan fingerprint density at radius 1 is 1.42 bits per heavy atom.